The molecule has 0 aliphatic heterocycles. The van der Waals surface area contributed by atoms with E-state index in [0.717, 1.165) is 34.0 Å². The Morgan fingerprint density at radius 1 is 1.06 bits per heavy atom. The van der Waals surface area contributed by atoms with Crippen LogP contribution in [-0.2, 0) is 19.8 Å². The molecule has 0 spiro atoms. The molecule has 3 heterocycles. The monoisotopic (exact) mass is 449 g/mol. The first-order valence-electron chi connectivity index (χ1n) is 10.1. The maximum Gasteiger partial charge on any atom is 0.416 e. The van der Waals surface area contributed by atoms with Crippen LogP contribution in [0.2, 0.25) is 0 Å². The first-order valence-corrected chi connectivity index (χ1v) is 10.1. The van der Waals surface area contributed by atoms with Gasteiger partial charge in [-0.05, 0) is 54.1 Å². The summed E-state index contributed by atoms with van der Waals surface area (Å²) in [7, 11) is 1.77. The van der Waals surface area contributed by atoms with Gasteiger partial charge in [0, 0.05) is 54.2 Å². The minimum Gasteiger partial charge on any atom is -0.348 e. The number of benzene rings is 2. The largest absolute Gasteiger partial charge is 0.416 e. The molecule has 0 saturated heterocycles. The number of aryl methyl sites for hydroxylation is 1. The van der Waals surface area contributed by atoms with Gasteiger partial charge in [-0.25, -0.2) is 0 Å². The third kappa shape index (κ3) is 3.82. The van der Waals surface area contributed by atoms with Crippen LogP contribution in [-0.4, -0.2) is 25.2 Å². The van der Waals surface area contributed by atoms with E-state index in [1.54, 1.807) is 53.0 Å². The van der Waals surface area contributed by atoms with Gasteiger partial charge in [-0.3, -0.25) is 19.0 Å². The highest BCUT2D eigenvalue weighted by Gasteiger charge is 2.30. The average molecular weight is 449 g/mol. The van der Waals surface area contributed by atoms with Gasteiger partial charge in [-0.2, -0.15) is 18.3 Å². The maximum atomic E-state index is 13.0. The molecule has 0 aliphatic carbocycles. The zero-order chi connectivity index (χ0) is 23.2. The first-order chi connectivity index (χ1) is 15.8. The first kappa shape index (κ1) is 20.7. The fourth-order valence-corrected chi connectivity index (χ4v) is 3.88. The van der Waals surface area contributed by atoms with E-state index >= 15 is 0 Å². The molecule has 9 heteroatoms. The van der Waals surface area contributed by atoms with Crippen molar-refractivity contribution in [1.29, 1.82) is 0 Å². The number of amides is 1. The second-order valence-electron chi connectivity index (χ2n) is 7.70. The molecule has 0 radical (unpaired) electrons. The van der Waals surface area contributed by atoms with Crippen LogP contribution in [0.4, 0.5) is 13.2 Å². The Morgan fingerprint density at radius 3 is 2.55 bits per heavy atom. The standard InChI is InChI=1S/C24H18F3N5O/c1-31-14-20-19-11-16(23(33)29-13-15-3-2-10-28-12-15)4-9-21(19)32(22(20)30-31)18-7-5-17(6-8-18)24(25,26)27/h2-12,14H,13H2,1H3,(H,29,33). The normalized spacial score (nSPS) is 11.9. The van der Waals surface area contributed by atoms with Crippen LogP contribution >= 0.6 is 0 Å². The Kier molecular flexibility index (Phi) is 4.88. The summed E-state index contributed by atoms with van der Waals surface area (Å²) in [6, 6.07) is 13.9. The number of hydrogen-bond donors (Lipinski definition) is 1. The molecule has 0 fully saturated rings. The zero-order valence-electron chi connectivity index (χ0n) is 17.5. The summed E-state index contributed by atoms with van der Waals surface area (Å²) >= 11 is 0. The number of nitrogens with one attached hydrogen (secondary N) is 1. The van der Waals surface area contributed by atoms with E-state index in [-0.39, 0.29) is 5.91 Å². The van der Waals surface area contributed by atoms with Crippen LogP contribution in [0.1, 0.15) is 21.5 Å². The predicted molar refractivity (Wildman–Crippen MR) is 118 cm³/mol. The summed E-state index contributed by atoms with van der Waals surface area (Å²) in [5, 5.41) is 8.96. The van der Waals surface area contributed by atoms with Crippen molar-refractivity contribution < 1.29 is 18.0 Å². The van der Waals surface area contributed by atoms with Gasteiger partial charge >= 0.3 is 6.18 Å². The van der Waals surface area contributed by atoms with Crippen LogP contribution < -0.4 is 5.32 Å². The van der Waals surface area contributed by atoms with Gasteiger partial charge in [-0.1, -0.05) is 6.07 Å². The summed E-state index contributed by atoms with van der Waals surface area (Å²) in [4.78, 5) is 16.8. The van der Waals surface area contributed by atoms with Crippen molar-refractivity contribution in [2.45, 2.75) is 12.7 Å². The number of carbonyl (C=O) groups excluding carboxylic acids is 1. The van der Waals surface area contributed by atoms with E-state index < -0.39 is 11.7 Å². The number of fused-ring (bicyclic) bond motifs is 3. The Morgan fingerprint density at radius 2 is 1.85 bits per heavy atom. The van der Waals surface area contributed by atoms with E-state index in [2.05, 4.69) is 15.4 Å². The van der Waals surface area contributed by atoms with Gasteiger partial charge in [0.2, 0.25) is 0 Å². The Hall–Kier alpha value is -4.14. The van der Waals surface area contributed by atoms with Crippen LogP contribution in [0.5, 0.6) is 0 Å². The van der Waals surface area contributed by atoms with Crippen LogP contribution in [0.3, 0.4) is 0 Å². The van der Waals surface area contributed by atoms with Gasteiger partial charge in [0.05, 0.1) is 11.1 Å². The molecule has 1 N–H and O–H groups in total. The summed E-state index contributed by atoms with van der Waals surface area (Å²) in [5.74, 6) is -0.236. The molecule has 0 bridgehead atoms. The number of nitrogens with zero attached hydrogens (tertiary/aromatic N) is 4. The van der Waals surface area contributed by atoms with Crippen molar-refractivity contribution in [3.05, 3.63) is 89.9 Å². The zero-order valence-corrected chi connectivity index (χ0v) is 17.5. The van der Waals surface area contributed by atoms with Crippen LogP contribution in [0.15, 0.2) is 73.2 Å². The molecule has 0 saturated carbocycles. The minimum atomic E-state index is -4.41. The Labute approximate surface area is 186 Å². The maximum absolute atomic E-state index is 13.0. The number of carbonyl (C=O) groups is 1. The fourth-order valence-electron chi connectivity index (χ4n) is 3.88. The lowest BCUT2D eigenvalue weighted by atomic mass is 10.1. The fraction of sp³-hybridized carbons (Fsp3) is 0.125. The minimum absolute atomic E-state index is 0.236. The SMILES string of the molecule is Cn1cc2c3cc(C(=O)NCc4cccnc4)ccc3n(-c3ccc(C(F)(F)F)cc3)c2n1. The summed E-state index contributed by atoms with van der Waals surface area (Å²) in [5.41, 5.74) is 2.54. The van der Waals surface area contributed by atoms with E-state index in [1.807, 2.05) is 12.3 Å². The molecule has 5 aromatic rings. The van der Waals surface area contributed by atoms with Crippen molar-refractivity contribution in [2.24, 2.45) is 7.05 Å². The number of aromatic nitrogens is 4. The Bertz CT molecular complexity index is 1470. The van der Waals surface area contributed by atoms with E-state index in [0.29, 0.717) is 23.4 Å². The summed E-state index contributed by atoms with van der Waals surface area (Å²) < 4.78 is 42.4. The van der Waals surface area contributed by atoms with E-state index in [9.17, 15) is 18.0 Å². The van der Waals surface area contributed by atoms with Crippen molar-refractivity contribution in [3.63, 3.8) is 0 Å². The molecule has 6 nitrogen and oxygen atoms in total. The molecule has 2 aromatic carbocycles. The van der Waals surface area contributed by atoms with Crippen molar-refractivity contribution in [3.8, 4) is 5.69 Å². The Balaban J connectivity index is 1.55. The van der Waals surface area contributed by atoms with Gasteiger partial charge in [0.15, 0.2) is 5.65 Å². The van der Waals surface area contributed by atoms with E-state index in [4.69, 9.17) is 0 Å². The molecule has 166 valence electrons. The second kappa shape index (κ2) is 7.77. The predicted octanol–water partition coefficient (Wildman–Crippen LogP) is 4.86. The van der Waals surface area contributed by atoms with Crippen molar-refractivity contribution in [2.75, 3.05) is 0 Å². The van der Waals surface area contributed by atoms with Gasteiger partial charge in [0.1, 0.15) is 0 Å². The van der Waals surface area contributed by atoms with Crippen molar-refractivity contribution >= 4 is 27.8 Å². The number of rotatable bonds is 4. The van der Waals surface area contributed by atoms with Crippen LogP contribution in [0, 0.1) is 0 Å². The molecule has 0 unspecified atom stereocenters. The molecule has 5 rings (SSSR count). The third-order valence-corrected chi connectivity index (χ3v) is 5.44. The number of pyridine rings is 1. The molecule has 0 aliphatic rings. The van der Waals surface area contributed by atoms with Crippen LogP contribution in [0.25, 0.3) is 27.6 Å². The van der Waals surface area contributed by atoms with Crippen molar-refractivity contribution in [1.82, 2.24) is 24.6 Å². The molecular formula is C24H18F3N5O. The lowest BCUT2D eigenvalue weighted by molar-refractivity contribution is -0.137. The molecule has 1 amide bonds. The lowest BCUT2D eigenvalue weighted by Crippen LogP contribution is -2.22. The highest BCUT2D eigenvalue weighted by atomic mass is 19.4. The van der Waals surface area contributed by atoms with Gasteiger partial charge in [0.25, 0.3) is 5.91 Å². The van der Waals surface area contributed by atoms with E-state index in [1.165, 1.54) is 12.1 Å². The van der Waals surface area contributed by atoms with Gasteiger partial charge in [-0.15, -0.1) is 0 Å². The molecule has 33 heavy (non-hydrogen) atoms. The number of halogens is 3. The number of hydrogen-bond acceptors (Lipinski definition) is 3. The number of alkyl halides is 3. The average Bonchev–Trinajstić information content (AvgIpc) is 3.32. The smallest absolute Gasteiger partial charge is 0.348 e. The summed E-state index contributed by atoms with van der Waals surface area (Å²) in [6.07, 6.45) is 0.776. The summed E-state index contributed by atoms with van der Waals surface area (Å²) in [6.45, 7) is 0.347. The topological polar surface area (TPSA) is 64.7 Å². The highest BCUT2D eigenvalue weighted by molar-refractivity contribution is 6.10. The molecule has 0 atom stereocenters. The molecular weight excluding hydrogens is 431 g/mol. The third-order valence-electron chi connectivity index (χ3n) is 5.44. The lowest BCUT2D eigenvalue weighted by Gasteiger charge is -2.10. The van der Waals surface area contributed by atoms with Gasteiger partial charge < -0.3 is 5.32 Å². The highest BCUT2D eigenvalue weighted by Crippen LogP contribution is 2.34. The molecule has 3 aromatic heterocycles. The quantitative estimate of drug-likeness (QED) is 0.426. The second-order valence-corrected chi connectivity index (χ2v) is 7.70.